The van der Waals surface area contributed by atoms with Gasteiger partial charge >= 0.3 is 42.0 Å². The van der Waals surface area contributed by atoms with Crippen molar-refractivity contribution in [2.24, 2.45) is 0 Å². The smallest absolute Gasteiger partial charge is 0.411 e. The van der Waals surface area contributed by atoms with Crippen LogP contribution in [0.4, 0.5) is 15.3 Å². The topological polar surface area (TPSA) is 335 Å². The molecule has 28 nitrogen and oxygen atoms in total. The number of rotatable bonds is 21. The normalized spacial score (nSPS) is 20.2. The number of hydrogen-bond donors (Lipinski definition) is 1. The second-order valence-corrected chi connectivity index (χ2v) is 26.2. The number of ether oxygens (including phenoxy) is 12. The molecule has 4 aliphatic heterocycles. The number of nitrogens with one attached hydrogen (secondary N) is 1. The highest BCUT2D eigenvalue weighted by atomic mass is 32.2. The maximum absolute atomic E-state index is 14.7. The minimum Gasteiger partial charge on any atom is -0.467 e. The van der Waals surface area contributed by atoms with Crippen LogP contribution in [0.2, 0.25) is 0 Å². The molecule has 6 atom stereocenters. The summed E-state index contributed by atoms with van der Waals surface area (Å²) in [6.45, 7) is 1.91. The molecule has 1 N–H and O–H groups in total. The molecule has 96 heavy (non-hydrogen) atoms. The van der Waals surface area contributed by atoms with Gasteiger partial charge in [0, 0.05) is 69.1 Å². The van der Waals surface area contributed by atoms with Crippen LogP contribution in [-0.4, -0.2) is 166 Å². The molecule has 4 aromatic carbocycles. The number of hydrogen-bond acceptors (Lipinski definition) is 24. The zero-order valence-corrected chi connectivity index (χ0v) is 54.0. The van der Waals surface area contributed by atoms with E-state index in [2.05, 4.69) is 5.32 Å². The lowest BCUT2D eigenvalue weighted by Crippen LogP contribution is -2.64. The lowest BCUT2D eigenvalue weighted by molar-refractivity contribution is -0.282. The van der Waals surface area contributed by atoms with Crippen molar-refractivity contribution in [3.8, 4) is 39.8 Å². The molecule has 12 rings (SSSR count). The third kappa shape index (κ3) is 13.1. The predicted molar refractivity (Wildman–Crippen MR) is 334 cm³/mol. The number of anilines is 1. The molecule has 0 spiro atoms. The van der Waals surface area contributed by atoms with Gasteiger partial charge in [-0.2, -0.15) is 0 Å². The Bertz CT molecular complexity index is 4330. The molecule has 6 heterocycles. The molecule has 0 bridgehead atoms. The molecule has 0 radical (unpaired) electrons. The number of benzene rings is 4. The van der Waals surface area contributed by atoms with E-state index in [9.17, 15) is 51.6 Å². The molecular formula is C67H67N5O23S. The third-order valence-corrected chi connectivity index (χ3v) is 18.3. The van der Waals surface area contributed by atoms with Gasteiger partial charge in [-0.05, 0) is 82.8 Å². The number of cyclic esters (lactones) is 1. The lowest BCUT2D eigenvalue weighted by Gasteiger charge is -2.43. The zero-order chi connectivity index (χ0) is 68.1. The fourth-order valence-corrected chi connectivity index (χ4v) is 13.4. The first-order valence-electron chi connectivity index (χ1n) is 30.8. The Kier molecular flexibility index (Phi) is 18.2. The quantitative estimate of drug-likeness (QED) is 0.0472. The largest absolute Gasteiger partial charge is 0.467 e. The summed E-state index contributed by atoms with van der Waals surface area (Å²) in [4.78, 5) is 129. The summed E-state index contributed by atoms with van der Waals surface area (Å²) >= 11 is 0. The molecule has 1 saturated carbocycles. The second kappa shape index (κ2) is 26.6. The highest BCUT2D eigenvalue weighted by molar-refractivity contribution is 7.90. The summed E-state index contributed by atoms with van der Waals surface area (Å²) in [7, 11) is -1.45. The molecule has 504 valence electrons. The fourth-order valence-electron chi connectivity index (χ4n) is 12.8. The molecule has 0 unspecified atom stereocenters. The number of fused-ring (bicyclic) bond motifs is 9. The van der Waals surface area contributed by atoms with E-state index in [1.165, 1.54) is 25.2 Å². The summed E-state index contributed by atoms with van der Waals surface area (Å²) in [5.41, 5.74) is 5.15. The van der Waals surface area contributed by atoms with Gasteiger partial charge in [0.05, 0.1) is 47.6 Å². The number of aromatic nitrogens is 2. The molecular weight excluding hydrogens is 1270 g/mol. The Labute approximate surface area is 548 Å². The molecule has 6 aliphatic rings. The maximum Gasteiger partial charge on any atom is 0.411 e. The van der Waals surface area contributed by atoms with E-state index < -0.39 is 132 Å². The van der Waals surface area contributed by atoms with Crippen molar-refractivity contribution in [2.45, 2.75) is 115 Å². The number of likely N-dealkylation sites (N-methyl/N-ethyl adjacent to an activating group) is 1. The van der Waals surface area contributed by atoms with E-state index in [0.29, 0.717) is 28.4 Å². The van der Waals surface area contributed by atoms with E-state index in [-0.39, 0.29) is 72.9 Å². The van der Waals surface area contributed by atoms with Gasteiger partial charge in [0.2, 0.25) is 25.1 Å². The number of amides is 3. The molecule has 6 aromatic rings. The van der Waals surface area contributed by atoms with Gasteiger partial charge in [-0.25, -0.2) is 32.6 Å². The van der Waals surface area contributed by atoms with E-state index in [1.807, 2.05) is 54.6 Å². The van der Waals surface area contributed by atoms with E-state index in [1.54, 1.807) is 23.6 Å². The van der Waals surface area contributed by atoms with Crippen molar-refractivity contribution in [1.82, 2.24) is 19.4 Å². The number of carbonyl (C=O) groups is 8. The average Bonchev–Trinajstić information content (AvgIpc) is 1.46. The van der Waals surface area contributed by atoms with Gasteiger partial charge in [0.15, 0.2) is 35.4 Å². The van der Waals surface area contributed by atoms with Crippen molar-refractivity contribution in [2.75, 3.05) is 64.7 Å². The summed E-state index contributed by atoms with van der Waals surface area (Å²) in [6.07, 6.45) is -8.41. The molecule has 1 saturated heterocycles. The van der Waals surface area contributed by atoms with Crippen LogP contribution >= 0.6 is 0 Å². The summed E-state index contributed by atoms with van der Waals surface area (Å²) < 4.78 is 96.0. The first kappa shape index (κ1) is 65.9. The van der Waals surface area contributed by atoms with Crippen LogP contribution in [0.3, 0.4) is 0 Å². The molecule has 2 aliphatic carbocycles. The lowest BCUT2D eigenvalue weighted by atomic mass is 9.85. The Hall–Kier alpha value is -10.1. The highest BCUT2D eigenvalue weighted by Crippen LogP contribution is 2.51. The molecule has 29 heteroatoms. The monoisotopic (exact) mass is 1340 g/mol. The summed E-state index contributed by atoms with van der Waals surface area (Å²) in [5.74, 6) is -5.58. The van der Waals surface area contributed by atoms with Gasteiger partial charge in [0.25, 0.3) is 5.56 Å². The standard InChI is InChI=1S/C67H67N5O23S/c1-8-67(47-25-50-56-44(27-72(50)61(77)46(47)31-85-64(67)79)55(38-18-19-38)43-24-52-53(89-33-88-52)26-48(43)69-56)90-32-71(21-22-96(7,82)83)66(81)86-29-37-17-20-51(94-63-60(93-36(4)75)58(92-35(3)74)57(91-34(2)73)59(95-63)62(78)84-6)49(23-37)68-54(76)28-70(5)65(80)87-30-45-41-15-11-9-13-39(41)40-14-10-12-16-42(40)45/h9-17,20,23-26,38,45,57-60,63H,8,18-19,21-22,27-33H2,1-7H3,(H,68,76)/t57-,58-,59-,60+,63+,67-/m0/s1. The minimum atomic E-state index is -3.78. The first-order chi connectivity index (χ1) is 45.9. The number of sulfone groups is 1. The van der Waals surface area contributed by atoms with Crippen molar-refractivity contribution in [3.05, 3.63) is 134 Å². The van der Waals surface area contributed by atoms with E-state index >= 15 is 0 Å². The maximum atomic E-state index is 14.7. The van der Waals surface area contributed by atoms with Crippen LogP contribution in [0, 0.1) is 0 Å². The number of carbonyl (C=O) groups excluding carboxylic acids is 8. The van der Waals surface area contributed by atoms with Gasteiger partial charge in [-0.3, -0.25) is 28.9 Å². The van der Waals surface area contributed by atoms with Crippen LogP contribution in [0.15, 0.2) is 89.7 Å². The van der Waals surface area contributed by atoms with Gasteiger partial charge in [-0.1, -0.05) is 61.5 Å². The van der Waals surface area contributed by atoms with Gasteiger partial charge in [0.1, 0.15) is 48.7 Å². The van der Waals surface area contributed by atoms with Crippen LogP contribution in [-0.2, 0) is 107 Å². The van der Waals surface area contributed by atoms with Crippen molar-refractivity contribution >= 4 is 74.4 Å². The van der Waals surface area contributed by atoms with Crippen LogP contribution < -0.4 is 25.1 Å². The van der Waals surface area contributed by atoms with Gasteiger partial charge < -0.3 is 71.6 Å². The molecule has 3 amide bonds. The Morgan fingerprint density at radius 2 is 1.46 bits per heavy atom. The SMILES string of the molecule is CC[C@@]1(OCN(CCS(C)(=O)=O)C(=O)OCc2ccc(O[C@@H]3O[C@H](C(=O)OC)[C@@H](OC(C)=O)[C@H](OC(C)=O)[C@H]3OC(C)=O)c(NC(=O)CN(C)C(=O)OCC3c4ccccc4-c4ccccc43)c2)C(=O)OCc2c1cc1n(c2=O)Cc2c-1nc1cc3c(cc1c2C1CC1)OCO3. The number of pyridine rings is 2. The second-order valence-electron chi connectivity index (χ2n) is 24.0. The van der Waals surface area contributed by atoms with Crippen LogP contribution in [0.5, 0.6) is 17.2 Å². The minimum absolute atomic E-state index is 0.0598. The van der Waals surface area contributed by atoms with Crippen molar-refractivity contribution in [3.63, 3.8) is 0 Å². The zero-order valence-electron chi connectivity index (χ0n) is 53.2. The number of nitrogens with zero attached hydrogens (tertiary/aromatic N) is 4. The number of methoxy groups -OCH3 is 1. The molecule has 2 aromatic heterocycles. The van der Waals surface area contributed by atoms with Gasteiger partial charge in [-0.15, -0.1) is 0 Å². The third-order valence-electron chi connectivity index (χ3n) is 17.4. The first-order valence-corrected chi connectivity index (χ1v) is 32.8. The molecule has 2 fully saturated rings. The van der Waals surface area contributed by atoms with Crippen molar-refractivity contribution < 1.29 is 104 Å². The van der Waals surface area contributed by atoms with Crippen LogP contribution in [0.1, 0.15) is 97.7 Å². The Morgan fingerprint density at radius 1 is 0.792 bits per heavy atom. The Balaban J connectivity index is 0.818. The fraction of sp³-hybridized carbons (Fsp3) is 0.403. The van der Waals surface area contributed by atoms with Crippen molar-refractivity contribution in [1.29, 1.82) is 0 Å². The van der Waals surface area contributed by atoms with E-state index in [0.717, 1.165) is 95.5 Å². The Morgan fingerprint density at radius 3 is 2.11 bits per heavy atom. The number of esters is 5. The van der Waals surface area contributed by atoms with Crippen LogP contribution in [0.25, 0.3) is 33.4 Å². The van der Waals surface area contributed by atoms with E-state index in [4.69, 9.17) is 61.8 Å². The average molecular weight is 1340 g/mol. The highest BCUT2D eigenvalue weighted by Gasteiger charge is 2.56. The summed E-state index contributed by atoms with van der Waals surface area (Å²) in [5, 5.41) is 3.55. The summed E-state index contributed by atoms with van der Waals surface area (Å²) in [6, 6.07) is 24.8. The predicted octanol–water partition coefficient (Wildman–Crippen LogP) is 6.24.